The molecule has 5 heterocycles. The SMILES string of the molecule is CN1c2ccccc2N(c2cc(-c3nc4ccccc4o3)c(-c3nc4ccccc4o3)c(N3c4ccccc4N(C)c4ccccc43)c2N2c3ccccc3N(C)c3ccccc32)c2ccccc21. The first-order valence-electron chi connectivity index (χ1n) is 23.1. The fourth-order valence-electron chi connectivity index (χ4n) is 10.7. The average Bonchev–Trinajstić information content (AvgIpc) is 4.04. The molecule has 0 aliphatic carbocycles. The lowest BCUT2D eigenvalue weighted by Crippen LogP contribution is -2.30. The molecule has 0 saturated carbocycles. The monoisotopic (exact) mass is 894 g/mol. The maximum Gasteiger partial charge on any atom is 0.230 e. The topological polar surface area (TPSA) is 71.5 Å². The Hall–Kier alpha value is -9.28. The molecule has 330 valence electrons. The highest BCUT2D eigenvalue weighted by molar-refractivity contribution is 6.16. The van der Waals surface area contributed by atoms with E-state index in [9.17, 15) is 0 Å². The molecule has 2 aromatic heterocycles. The van der Waals surface area contributed by atoms with Gasteiger partial charge in [-0.25, -0.2) is 9.97 Å². The summed E-state index contributed by atoms with van der Waals surface area (Å²) in [4.78, 5) is 24.8. The second-order valence-electron chi connectivity index (χ2n) is 17.6. The van der Waals surface area contributed by atoms with Crippen molar-refractivity contribution >= 4 is 108 Å². The van der Waals surface area contributed by atoms with E-state index >= 15 is 0 Å². The van der Waals surface area contributed by atoms with Crippen molar-refractivity contribution in [3.8, 4) is 22.9 Å². The lowest BCUT2D eigenvalue weighted by molar-refractivity contribution is 0.611. The number of para-hydroxylation sites is 16. The van der Waals surface area contributed by atoms with Gasteiger partial charge >= 0.3 is 0 Å². The predicted molar refractivity (Wildman–Crippen MR) is 281 cm³/mol. The fourth-order valence-corrected chi connectivity index (χ4v) is 10.7. The molecule has 0 radical (unpaired) electrons. The van der Waals surface area contributed by atoms with Crippen LogP contribution in [0.1, 0.15) is 0 Å². The molecule has 9 aromatic carbocycles. The van der Waals surface area contributed by atoms with Crippen LogP contribution in [-0.2, 0) is 0 Å². The maximum absolute atomic E-state index is 7.06. The van der Waals surface area contributed by atoms with E-state index in [1.807, 2.05) is 48.5 Å². The Morgan fingerprint density at radius 3 is 1.00 bits per heavy atom. The number of benzene rings is 9. The molecule has 0 fully saturated rings. The van der Waals surface area contributed by atoms with Crippen molar-refractivity contribution < 1.29 is 8.83 Å². The predicted octanol–water partition coefficient (Wildman–Crippen LogP) is 16.0. The highest BCUT2D eigenvalue weighted by Gasteiger charge is 2.42. The summed E-state index contributed by atoms with van der Waals surface area (Å²) in [6, 6.07) is 70.0. The molecule has 0 N–H and O–H groups in total. The number of hydrogen-bond donors (Lipinski definition) is 0. The first-order valence-corrected chi connectivity index (χ1v) is 23.1. The molecule has 10 heteroatoms. The van der Waals surface area contributed by atoms with Gasteiger partial charge in [0.1, 0.15) is 11.0 Å². The molecule has 3 aliphatic rings. The van der Waals surface area contributed by atoms with Crippen LogP contribution < -0.4 is 29.4 Å². The van der Waals surface area contributed by atoms with Crippen molar-refractivity contribution in [2.45, 2.75) is 0 Å². The smallest absolute Gasteiger partial charge is 0.230 e. The second kappa shape index (κ2) is 14.9. The zero-order valence-corrected chi connectivity index (χ0v) is 37.9. The summed E-state index contributed by atoms with van der Waals surface area (Å²) >= 11 is 0. The van der Waals surface area contributed by atoms with Crippen LogP contribution in [0, 0.1) is 0 Å². The van der Waals surface area contributed by atoms with E-state index in [2.05, 4.69) is 202 Å². The van der Waals surface area contributed by atoms with Gasteiger partial charge in [0.25, 0.3) is 0 Å². The van der Waals surface area contributed by atoms with E-state index in [4.69, 9.17) is 18.8 Å². The lowest BCUT2D eigenvalue weighted by atomic mass is 9.94. The van der Waals surface area contributed by atoms with Crippen molar-refractivity contribution in [2.75, 3.05) is 50.5 Å². The van der Waals surface area contributed by atoms with E-state index in [0.29, 0.717) is 28.5 Å². The lowest BCUT2D eigenvalue weighted by Gasteiger charge is -2.46. The third-order valence-corrected chi connectivity index (χ3v) is 13.9. The van der Waals surface area contributed by atoms with Gasteiger partial charge < -0.3 is 38.2 Å². The summed E-state index contributed by atoms with van der Waals surface area (Å²) in [7, 11) is 6.44. The quantitative estimate of drug-likeness (QED) is 0.167. The zero-order valence-electron chi connectivity index (χ0n) is 37.9. The first kappa shape index (κ1) is 38.9. The highest BCUT2D eigenvalue weighted by atomic mass is 16.4. The zero-order chi connectivity index (χ0) is 45.9. The minimum absolute atomic E-state index is 0.431. The first-order chi connectivity index (χ1) is 34.0. The van der Waals surface area contributed by atoms with Gasteiger partial charge in [0.05, 0.1) is 96.4 Å². The van der Waals surface area contributed by atoms with Gasteiger partial charge in [0.15, 0.2) is 11.2 Å². The Kier molecular flexibility index (Phi) is 8.39. The van der Waals surface area contributed by atoms with E-state index in [1.165, 1.54) is 0 Å². The van der Waals surface area contributed by atoms with Crippen molar-refractivity contribution in [2.24, 2.45) is 0 Å². The van der Waals surface area contributed by atoms with Crippen LogP contribution in [0.3, 0.4) is 0 Å². The highest BCUT2D eigenvalue weighted by Crippen LogP contribution is 2.65. The summed E-state index contributed by atoms with van der Waals surface area (Å²) in [5.74, 6) is 0.869. The Labute approximate surface area is 398 Å². The normalized spacial score (nSPS) is 13.6. The summed E-state index contributed by atoms with van der Waals surface area (Å²) in [6.45, 7) is 0. The molecular weight excluding hydrogens is 853 g/mol. The van der Waals surface area contributed by atoms with Crippen LogP contribution in [0.15, 0.2) is 209 Å². The largest absolute Gasteiger partial charge is 0.436 e. The Balaban J connectivity index is 1.25. The third kappa shape index (κ3) is 5.66. The van der Waals surface area contributed by atoms with Crippen LogP contribution in [0.4, 0.5) is 85.3 Å². The number of hydrogen-bond acceptors (Lipinski definition) is 10. The standard InChI is InChI=1S/C59H42N8O2/c1-62-40-22-6-12-28-46(40)65(47-29-13-7-23-41(47)62)52-36-37(58-60-38-20-4-18-34-53(38)68-58)55(59-61-39-21-5-19-35-54(39)69-59)57(67-50-32-16-10-26-44(50)64(3)45-27-11-17-33-51(45)67)56(52)66-48-30-14-8-24-42(48)63(2)43-25-9-15-31-49(43)66/h4-36H,1-3H3. The molecule has 3 aliphatic heterocycles. The van der Waals surface area contributed by atoms with Gasteiger partial charge in [-0.2, -0.15) is 0 Å². The summed E-state index contributed by atoms with van der Waals surface area (Å²) in [6.07, 6.45) is 0. The molecule has 0 amide bonds. The van der Waals surface area contributed by atoms with Crippen LogP contribution in [0.2, 0.25) is 0 Å². The number of oxazole rings is 2. The number of rotatable bonds is 5. The van der Waals surface area contributed by atoms with Gasteiger partial charge in [0, 0.05) is 21.1 Å². The van der Waals surface area contributed by atoms with Crippen LogP contribution in [-0.4, -0.2) is 31.1 Å². The molecule has 10 nitrogen and oxygen atoms in total. The Bertz CT molecular complexity index is 3670. The fraction of sp³-hybridized carbons (Fsp3) is 0.0508. The minimum atomic E-state index is 0.431. The van der Waals surface area contributed by atoms with E-state index in [1.54, 1.807) is 0 Å². The summed E-state index contributed by atoms with van der Waals surface area (Å²) in [5.41, 5.74) is 19.2. The van der Waals surface area contributed by atoms with Crippen molar-refractivity contribution in [3.05, 3.63) is 200 Å². The van der Waals surface area contributed by atoms with Crippen LogP contribution >= 0.6 is 0 Å². The Morgan fingerprint density at radius 1 is 0.304 bits per heavy atom. The molecular formula is C59H42N8O2. The van der Waals surface area contributed by atoms with Gasteiger partial charge in [-0.1, -0.05) is 97.1 Å². The second-order valence-corrected chi connectivity index (χ2v) is 17.6. The van der Waals surface area contributed by atoms with Gasteiger partial charge in [-0.05, 0) is 103 Å². The molecule has 0 atom stereocenters. The molecule has 0 bridgehead atoms. The molecule has 0 spiro atoms. The van der Waals surface area contributed by atoms with E-state index < -0.39 is 0 Å². The van der Waals surface area contributed by atoms with Gasteiger partial charge in [0.2, 0.25) is 11.8 Å². The van der Waals surface area contributed by atoms with Crippen molar-refractivity contribution in [1.29, 1.82) is 0 Å². The molecule has 0 saturated heterocycles. The molecule has 69 heavy (non-hydrogen) atoms. The molecule has 14 rings (SSSR count). The average molecular weight is 895 g/mol. The number of aromatic nitrogens is 2. The molecule has 11 aromatic rings. The summed E-state index contributed by atoms with van der Waals surface area (Å²) < 4.78 is 14.0. The van der Waals surface area contributed by atoms with E-state index in [-0.39, 0.29) is 0 Å². The molecule has 0 unspecified atom stereocenters. The van der Waals surface area contributed by atoms with Crippen LogP contribution in [0.25, 0.3) is 45.1 Å². The third-order valence-electron chi connectivity index (χ3n) is 13.9. The maximum atomic E-state index is 7.06. The number of fused-ring (bicyclic) bond motifs is 8. The number of nitrogens with zero attached hydrogens (tertiary/aromatic N) is 8. The number of anilines is 15. The summed E-state index contributed by atoms with van der Waals surface area (Å²) in [5, 5.41) is 0. The van der Waals surface area contributed by atoms with Crippen molar-refractivity contribution in [3.63, 3.8) is 0 Å². The van der Waals surface area contributed by atoms with Gasteiger partial charge in [-0.3, -0.25) is 0 Å². The Morgan fingerprint density at radius 2 is 0.609 bits per heavy atom. The van der Waals surface area contributed by atoms with Crippen molar-refractivity contribution in [1.82, 2.24) is 9.97 Å². The van der Waals surface area contributed by atoms with Crippen LogP contribution in [0.5, 0.6) is 0 Å². The van der Waals surface area contributed by atoms with Gasteiger partial charge in [-0.15, -0.1) is 0 Å². The minimum Gasteiger partial charge on any atom is -0.436 e. The van der Waals surface area contributed by atoms with E-state index in [0.717, 1.165) is 102 Å².